The first-order valence-corrected chi connectivity index (χ1v) is 9.38. The van der Waals surface area contributed by atoms with E-state index in [9.17, 15) is 9.59 Å². The number of benzene rings is 1. The summed E-state index contributed by atoms with van der Waals surface area (Å²) in [5.74, 6) is 0.559. The fourth-order valence-electron chi connectivity index (χ4n) is 3.32. The van der Waals surface area contributed by atoms with E-state index < -0.39 is 0 Å². The van der Waals surface area contributed by atoms with Crippen molar-refractivity contribution in [1.82, 2.24) is 9.80 Å². The minimum Gasteiger partial charge on any atom is -0.469 e. The molecule has 6 heteroatoms. The molecule has 0 radical (unpaired) electrons. The van der Waals surface area contributed by atoms with Gasteiger partial charge in [-0.2, -0.15) is 0 Å². The number of amides is 2. The van der Waals surface area contributed by atoms with E-state index in [2.05, 4.69) is 0 Å². The summed E-state index contributed by atoms with van der Waals surface area (Å²) in [7, 11) is 0. The maximum atomic E-state index is 13.3. The lowest BCUT2D eigenvalue weighted by Crippen LogP contribution is -2.52. The van der Waals surface area contributed by atoms with Crippen LogP contribution in [0.4, 0.5) is 4.79 Å². The molecule has 2 heterocycles. The maximum absolute atomic E-state index is 13.3. The smallest absolute Gasteiger partial charge is 0.409 e. The van der Waals surface area contributed by atoms with Crippen LogP contribution >= 0.6 is 0 Å². The fourth-order valence-corrected chi connectivity index (χ4v) is 3.32. The lowest BCUT2D eigenvalue weighted by molar-refractivity contribution is -0.134. The molecule has 27 heavy (non-hydrogen) atoms. The highest BCUT2D eigenvalue weighted by Gasteiger charge is 2.31. The number of hydrogen-bond acceptors (Lipinski definition) is 4. The van der Waals surface area contributed by atoms with E-state index in [1.807, 2.05) is 48.2 Å². The van der Waals surface area contributed by atoms with Gasteiger partial charge in [0, 0.05) is 32.6 Å². The van der Waals surface area contributed by atoms with Crippen LogP contribution in [0.25, 0.3) is 0 Å². The highest BCUT2D eigenvalue weighted by Crippen LogP contribution is 2.25. The quantitative estimate of drug-likeness (QED) is 0.811. The van der Waals surface area contributed by atoms with Gasteiger partial charge in [-0.1, -0.05) is 29.8 Å². The Kier molecular flexibility index (Phi) is 6.16. The van der Waals surface area contributed by atoms with Crippen molar-refractivity contribution in [3.63, 3.8) is 0 Å². The van der Waals surface area contributed by atoms with E-state index in [-0.39, 0.29) is 17.9 Å². The Balaban J connectivity index is 1.71. The molecular weight excluding hydrogens is 344 g/mol. The Hall–Kier alpha value is -2.76. The second-order valence-electron chi connectivity index (χ2n) is 6.76. The minimum absolute atomic E-state index is 0.0683. The summed E-state index contributed by atoms with van der Waals surface area (Å²) in [5, 5.41) is 0. The molecule has 1 unspecified atom stereocenters. The van der Waals surface area contributed by atoms with Gasteiger partial charge in [0.1, 0.15) is 5.76 Å². The summed E-state index contributed by atoms with van der Waals surface area (Å²) in [5.41, 5.74) is 2.14. The van der Waals surface area contributed by atoms with Gasteiger partial charge in [-0.15, -0.1) is 0 Å². The van der Waals surface area contributed by atoms with Crippen molar-refractivity contribution in [3.05, 3.63) is 59.5 Å². The molecule has 2 aromatic rings. The first-order chi connectivity index (χ1) is 13.1. The Morgan fingerprint density at radius 1 is 1.07 bits per heavy atom. The lowest BCUT2D eigenvalue weighted by atomic mass is 9.92. The molecular formula is C21H26N2O4. The van der Waals surface area contributed by atoms with Gasteiger partial charge in [-0.3, -0.25) is 4.79 Å². The van der Waals surface area contributed by atoms with Crippen molar-refractivity contribution in [2.24, 2.45) is 0 Å². The maximum Gasteiger partial charge on any atom is 0.409 e. The van der Waals surface area contributed by atoms with Crippen molar-refractivity contribution < 1.29 is 18.7 Å². The van der Waals surface area contributed by atoms with Crippen molar-refractivity contribution in [1.29, 1.82) is 0 Å². The van der Waals surface area contributed by atoms with Gasteiger partial charge < -0.3 is 19.0 Å². The Morgan fingerprint density at radius 3 is 2.33 bits per heavy atom. The van der Waals surface area contributed by atoms with E-state index in [0.29, 0.717) is 39.2 Å². The zero-order valence-electron chi connectivity index (χ0n) is 15.9. The second-order valence-corrected chi connectivity index (χ2v) is 6.76. The van der Waals surface area contributed by atoms with Crippen LogP contribution in [0, 0.1) is 6.92 Å². The van der Waals surface area contributed by atoms with Gasteiger partial charge >= 0.3 is 6.09 Å². The molecule has 3 rings (SSSR count). The minimum atomic E-state index is -0.310. The standard InChI is InChI=1S/C21H26N2O4/c1-3-26-21(25)23-12-10-22(11-13-23)20(24)19(15-18-5-4-14-27-18)17-8-6-16(2)7-9-17/h4-9,14,19H,3,10-13,15H2,1-2H3. The van der Waals surface area contributed by atoms with Crippen LogP contribution in [-0.2, 0) is 16.0 Å². The van der Waals surface area contributed by atoms with Gasteiger partial charge in [0.15, 0.2) is 0 Å². The monoisotopic (exact) mass is 370 g/mol. The van der Waals surface area contributed by atoms with Crippen LogP contribution in [0.5, 0.6) is 0 Å². The number of hydrogen-bond donors (Lipinski definition) is 0. The number of carbonyl (C=O) groups is 2. The zero-order chi connectivity index (χ0) is 19.2. The molecule has 6 nitrogen and oxygen atoms in total. The van der Waals surface area contributed by atoms with Crippen LogP contribution in [0.3, 0.4) is 0 Å². The van der Waals surface area contributed by atoms with Gasteiger partial charge in [-0.25, -0.2) is 4.79 Å². The van der Waals surface area contributed by atoms with Gasteiger partial charge in [-0.05, 0) is 31.5 Å². The summed E-state index contributed by atoms with van der Waals surface area (Å²) in [6.07, 6.45) is 1.84. The second kappa shape index (κ2) is 8.75. The Bertz CT molecular complexity index is 747. The van der Waals surface area contributed by atoms with Gasteiger partial charge in [0.05, 0.1) is 18.8 Å². The molecule has 1 aliphatic rings. The number of ether oxygens (including phenoxy) is 1. The summed E-state index contributed by atoms with van der Waals surface area (Å²) < 4.78 is 10.5. The average molecular weight is 370 g/mol. The molecule has 1 saturated heterocycles. The molecule has 1 fully saturated rings. The topological polar surface area (TPSA) is 63.0 Å². The Labute approximate surface area is 159 Å². The van der Waals surface area contributed by atoms with Crippen LogP contribution in [-0.4, -0.2) is 54.6 Å². The van der Waals surface area contributed by atoms with Gasteiger partial charge in [0.2, 0.25) is 5.91 Å². The average Bonchev–Trinajstić information content (AvgIpc) is 3.20. The molecule has 0 aliphatic carbocycles. The van der Waals surface area contributed by atoms with Crippen molar-refractivity contribution in [2.45, 2.75) is 26.2 Å². The molecule has 2 amide bonds. The molecule has 0 bridgehead atoms. The molecule has 0 spiro atoms. The molecule has 144 valence electrons. The van der Waals surface area contributed by atoms with E-state index in [0.717, 1.165) is 16.9 Å². The normalized spacial score (nSPS) is 15.5. The fraction of sp³-hybridized carbons (Fsp3) is 0.429. The van der Waals surface area contributed by atoms with Crippen LogP contribution < -0.4 is 0 Å². The number of furan rings is 1. The highest BCUT2D eigenvalue weighted by molar-refractivity contribution is 5.84. The molecule has 1 aromatic carbocycles. The number of nitrogens with zero attached hydrogens (tertiary/aromatic N) is 2. The summed E-state index contributed by atoms with van der Waals surface area (Å²) in [6.45, 7) is 6.19. The molecule has 1 aliphatic heterocycles. The predicted molar refractivity (Wildman–Crippen MR) is 102 cm³/mol. The summed E-state index contributed by atoms with van der Waals surface area (Å²) in [4.78, 5) is 28.6. The van der Waals surface area contributed by atoms with Crippen molar-refractivity contribution >= 4 is 12.0 Å². The lowest BCUT2D eigenvalue weighted by Gasteiger charge is -2.36. The van der Waals surface area contributed by atoms with Crippen LogP contribution in [0.1, 0.15) is 29.7 Å². The third-order valence-corrected chi connectivity index (χ3v) is 4.88. The molecule has 0 saturated carbocycles. The first kappa shape index (κ1) is 19.0. The third-order valence-electron chi connectivity index (χ3n) is 4.88. The first-order valence-electron chi connectivity index (χ1n) is 9.38. The SMILES string of the molecule is CCOC(=O)N1CCN(C(=O)C(Cc2ccco2)c2ccc(C)cc2)CC1. The van der Waals surface area contributed by atoms with Crippen LogP contribution in [0.15, 0.2) is 47.1 Å². The molecule has 1 atom stereocenters. The van der Waals surface area contributed by atoms with Crippen molar-refractivity contribution in [3.8, 4) is 0 Å². The van der Waals surface area contributed by atoms with Crippen molar-refractivity contribution in [2.75, 3.05) is 32.8 Å². The zero-order valence-corrected chi connectivity index (χ0v) is 15.9. The van der Waals surface area contributed by atoms with E-state index in [1.165, 1.54) is 0 Å². The molecule has 0 N–H and O–H groups in total. The predicted octanol–water partition coefficient (Wildman–Crippen LogP) is 3.22. The van der Waals surface area contributed by atoms with E-state index >= 15 is 0 Å². The highest BCUT2D eigenvalue weighted by atomic mass is 16.6. The molecule has 1 aromatic heterocycles. The van der Waals surface area contributed by atoms with E-state index in [4.69, 9.17) is 9.15 Å². The van der Waals surface area contributed by atoms with Gasteiger partial charge in [0.25, 0.3) is 0 Å². The summed E-state index contributed by atoms with van der Waals surface area (Å²) in [6, 6.07) is 11.8. The van der Waals surface area contributed by atoms with E-state index in [1.54, 1.807) is 18.1 Å². The number of aryl methyl sites for hydroxylation is 1. The number of carbonyl (C=O) groups excluding carboxylic acids is 2. The Morgan fingerprint density at radius 2 is 1.74 bits per heavy atom. The third kappa shape index (κ3) is 4.70. The largest absolute Gasteiger partial charge is 0.469 e. The van der Waals surface area contributed by atoms with Crippen LogP contribution in [0.2, 0.25) is 0 Å². The number of rotatable bonds is 5. The summed E-state index contributed by atoms with van der Waals surface area (Å²) >= 11 is 0. The number of piperazine rings is 1.